The number of nitrogens with one attached hydrogen (secondary N) is 1. The molecule has 1 aliphatic rings. The highest BCUT2D eigenvalue weighted by Gasteiger charge is 2.64. The summed E-state index contributed by atoms with van der Waals surface area (Å²) in [6.45, 7) is 2.29. The zero-order valence-electron chi connectivity index (χ0n) is 17.4. The number of methoxy groups -OCH3 is 2. The molecule has 30 heavy (non-hydrogen) atoms. The van der Waals surface area contributed by atoms with Gasteiger partial charge in [-0.15, -0.1) is 0 Å². The minimum absolute atomic E-state index is 0.155. The third-order valence-corrected chi connectivity index (χ3v) is 5.48. The van der Waals surface area contributed by atoms with E-state index in [-0.39, 0.29) is 30.8 Å². The summed E-state index contributed by atoms with van der Waals surface area (Å²) < 4.78 is 15.8. The van der Waals surface area contributed by atoms with E-state index in [1.165, 1.54) is 0 Å². The number of hydrogen-bond acceptors (Lipinski definition) is 6. The molecule has 1 saturated carbocycles. The quantitative estimate of drug-likeness (QED) is 0.614. The van der Waals surface area contributed by atoms with Crippen LogP contribution in [0.15, 0.2) is 42.5 Å². The number of hydrogen-bond donors (Lipinski definition) is 2. The molecule has 0 aliphatic heterocycles. The van der Waals surface area contributed by atoms with Gasteiger partial charge >= 0.3 is 5.97 Å². The minimum Gasteiger partial charge on any atom is -0.508 e. The Balaban J connectivity index is 1.70. The molecule has 0 saturated heterocycles. The van der Waals surface area contributed by atoms with Crippen molar-refractivity contribution in [2.45, 2.75) is 26.3 Å². The maximum absolute atomic E-state index is 12.8. The summed E-state index contributed by atoms with van der Waals surface area (Å²) in [5.41, 5.74) is 0.807. The average Bonchev–Trinajstić information content (AvgIpc) is 3.49. The van der Waals surface area contributed by atoms with Gasteiger partial charge in [0.1, 0.15) is 17.2 Å². The number of aromatic hydroxyl groups is 1. The van der Waals surface area contributed by atoms with Crippen LogP contribution in [0.5, 0.6) is 17.2 Å². The average molecular weight is 413 g/mol. The molecule has 2 N–H and O–H groups in total. The van der Waals surface area contributed by atoms with Gasteiger partial charge < -0.3 is 24.6 Å². The van der Waals surface area contributed by atoms with Crippen LogP contribution >= 0.6 is 0 Å². The van der Waals surface area contributed by atoms with E-state index in [2.05, 4.69) is 5.32 Å². The van der Waals surface area contributed by atoms with Crippen LogP contribution in [0.4, 0.5) is 0 Å². The molecule has 0 aromatic heterocycles. The van der Waals surface area contributed by atoms with Crippen molar-refractivity contribution in [3.05, 3.63) is 53.6 Å². The van der Waals surface area contributed by atoms with Crippen LogP contribution in [0.2, 0.25) is 0 Å². The highest BCUT2D eigenvalue weighted by Crippen LogP contribution is 2.56. The molecule has 3 rings (SSSR count). The lowest BCUT2D eigenvalue weighted by molar-refractivity contribution is -0.151. The van der Waals surface area contributed by atoms with Crippen molar-refractivity contribution in [2.75, 3.05) is 20.8 Å². The van der Waals surface area contributed by atoms with Gasteiger partial charge in [-0.05, 0) is 49.6 Å². The van der Waals surface area contributed by atoms with Crippen molar-refractivity contribution in [3.8, 4) is 17.2 Å². The van der Waals surface area contributed by atoms with Crippen molar-refractivity contribution in [1.29, 1.82) is 0 Å². The summed E-state index contributed by atoms with van der Waals surface area (Å²) in [5.74, 6) is 0.419. The summed E-state index contributed by atoms with van der Waals surface area (Å²) in [6, 6.07) is 12.0. The maximum Gasteiger partial charge on any atom is 0.313 e. The molecule has 160 valence electrons. The Hall–Kier alpha value is -3.22. The summed E-state index contributed by atoms with van der Waals surface area (Å²) in [6.07, 6.45) is 0.814. The molecule has 7 heteroatoms. The number of esters is 1. The predicted octanol–water partition coefficient (Wildman–Crippen LogP) is 2.84. The number of amides is 1. The van der Waals surface area contributed by atoms with Crippen molar-refractivity contribution >= 4 is 11.9 Å². The highest BCUT2D eigenvalue weighted by molar-refractivity contribution is 5.93. The van der Waals surface area contributed by atoms with Gasteiger partial charge in [0.2, 0.25) is 5.91 Å². The number of rotatable bonds is 9. The monoisotopic (exact) mass is 413 g/mol. The van der Waals surface area contributed by atoms with E-state index in [9.17, 15) is 14.7 Å². The topological polar surface area (TPSA) is 94.1 Å². The Morgan fingerprint density at radius 1 is 1.13 bits per heavy atom. The summed E-state index contributed by atoms with van der Waals surface area (Å²) in [7, 11) is 3.14. The van der Waals surface area contributed by atoms with E-state index in [0.29, 0.717) is 24.3 Å². The van der Waals surface area contributed by atoms with Gasteiger partial charge in [-0.25, -0.2) is 0 Å². The molecule has 2 aromatic rings. The van der Waals surface area contributed by atoms with E-state index in [1.807, 2.05) is 6.07 Å². The van der Waals surface area contributed by atoms with Crippen LogP contribution in [-0.4, -0.2) is 37.8 Å². The molecule has 1 aliphatic carbocycles. The number of carbonyl (C=O) groups excluding carboxylic acids is 2. The first kappa shape index (κ1) is 21.5. The molecular formula is C23H27NO6. The fourth-order valence-corrected chi connectivity index (χ4v) is 3.70. The van der Waals surface area contributed by atoms with Crippen LogP contribution < -0.4 is 14.8 Å². The molecule has 1 amide bonds. The van der Waals surface area contributed by atoms with E-state index in [1.54, 1.807) is 57.5 Å². The Bertz CT molecular complexity index is 910. The number of ether oxygens (including phenoxy) is 3. The molecule has 1 fully saturated rings. The van der Waals surface area contributed by atoms with Crippen LogP contribution in [0.3, 0.4) is 0 Å². The second-order valence-corrected chi connectivity index (χ2v) is 7.37. The van der Waals surface area contributed by atoms with Crippen LogP contribution in [0.25, 0.3) is 0 Å². The Morgan fingerprint density at radius 2 is 1.87 bits per heavy atom. The van der Waals surface area contributed by atoms with E-state index in [4.69, 9.17) is 14.2 Å². The van der Waals surface area contributed by atoms with Gasteiger partial charge in [0, 0.05) is 18.2 Å². The normalized spacial score (nSPS) is 19.6. The number of carbonyl (C=O) groups is 2. The molecule has 0 bridgehead atoms. The second-order valence-electron chi connectivity index (χ2n) is 7.37. The molecular weight excluding hydrogens is 386 g/mol. The van der Waals surface area contributed by atoms with Crippen LogP contribution in [0, 0.1) is 11.3 Å². The molecule has 7 nitrogen and oxygen atoms in total. The first-order valence-electron chi connectivity index (χ1n) is 9.87. The fraction of sp³-hybridized carbons (Fsp3) is 0.391. The minimum atomic E-state index is -0.874. The third-order valence-electron chi connectivity index (χ3n) is 5.48. The molecule has 0 radical (unpaired) electrons. The predicted molar refractivity (Wildman–Crippen MR) is 110 cm³/mol. The van der Waals surface area contributed by atoms with Gasteiger partial charge in [-0.3, -0.25) is 9.59 Å². The van der Waals surface area contributed by atoms with E-state index < -0.39 is 11.3 Å². The summed E-state index contributed by atoms with van der Waals surface area (Å²) in [5, 5.41) is 12.4. The molecule has 1 unspecified atom stereocenters. The van der Waals surface area contributed by atoms with Crippen molar-refractivity contribution < 1.29 is 28.9 Å². The summed E-state index contributed by atoms with van der Waals surface area (Å²) >= 11 is 0. The van der Waals surface area contributed by atoms with E-state index in [0.717, 1.165) is 11.1 Å². The van der Waals surface area contributed by atoms with E-state index >= 15 is 0 Å². The van der Waals surface area contributed by atoms with Gasteiger partial charge in [-0.2, -0.15) is 0 Å². The molecule has 2 atom stereocenters. The van der Waals surface area contributed by atoms with Crippen LogP contribution in [-0.2, 0) is 27.3 Å². The highest BCUT2D eigenvalue weighted by atomic mass is 16.5. The largest absolute Gasteiger partial charge is 0.508 e. The van der Waals surface area contributed by atoms with Crippen molar-refractivity contribution in [3.63, 3.8) is 0 Å². The maximum atomic E-state index is 12.8. The first-order valence-corrected chi connectivity index (χ1v) is 9.87. The number of benzene rings is 2. The van der Waals surface area contributed by atoms with Crippen molar-refractivity contribution in [1.82, 2.24) is 5.32 Å². The molecule has 0 spiro atoms. The Labute approximate surface area is 176 Å². The van der Waals surface area contributed by atoms with Crippen LogP contribution in [0.1, 0.15) is 24.5 Å². The fourth-order valence-electron chi connectivity index (χ4n) is 3.70. The zero-order chi connectivity index (χ0) is 21.7. The number of phenols is 1. The van der Waals surface area contributed by atoms with Crippen molar-refractivity contribution in [2.24, 2.45) is 11.3 Å². The SMILES string of the molecule is CCOC(=O)[C@@]1(Cc2ccc(O)cc2)CC1C(=O)NCc1ccc(OC)cc1OC. The second kappa shape index (κ2) is 9.07. The molecule has 2 aromatic carbocycles. The van der Waals surface area contributed by atoms with Gasteiger partial charge in [-0.1, -0.05) is 12.1 Å². The summed E-state index contributed by atoms with van der Waals surface area (Å²) in [4.78, 5) is 25.5. The lowest BCUT2D eigenvalue weighted by Crippen LogP contribution is -2.32. The van der Waals surface area contributed by atoms with Gasteiger partial charge in [0.15, 0.2) is 0 Å². The number of phenolic OH excluding ortho intramolecular Hbond substituents is 1. The zero-order valence-corrected chi connectivity index (χ0v) is 17.4. The first-order chi connectivity index (χ1) is 14.4. The standard InChI is InChI=1S/C23H27NO6/c1-4-30-22(27)23(12-15-5-8-17(25)9-6-15)13-19(23)21(26)24-14-16-7-10-18(28-2)11-20(16)29-3/h5-11,19,25H,4,12-14H2,1-3H3,(H,24,26)/t19?,23-/m0/s1. The lowest BCUT2D eigenvalue weighted by Gasteiger charge is -2.17. The lowest BCUT2D eigenvalue weighted by atomic mass is 9.93. The smallest absolute Gasteiger partial charge is 0.313 e. The Morgan fingerprint density at radius 3 is 2.50 bits per heavy atom. The Kier molecular flexibility index (Phi) is 6.50. The van der Waals surface area contributed by atoms with Gasteiger partial charge in [0.05, 0.1) is 32.2 Å². The van der Waals surface area contributed by atoms with Gasteiger partial charge in [0.25, 0.3) is 0 Å². The molecule has 0 heterocycles. The third kappa shape index (κ3) is 4.50.